The van der Waals surface area contributed by atoms with Crippen molar-refractivity contribution in [1.29, 1.82) is 0 Å². The van der Waals surface area contributed by atoms with Crippen LogP contribution in [0.25, 0.3) is 16.9 Å². The van der Waals surface area contributed by atoms with Crippen LogP contribution in [-0.2, 0) is 6.42 Å². The van der Waals surface area contributed by atoms with Gasteiger partial charge in [0.1, 0.15) is 11.3 Å². The fourth-order valence-corrected chi connectivity index (χ4v) is 2.69. The number of benzene rings is 1. The number of aryl methyl sites for hydroxylation is 3. The lowest BCUT2D eigenvalue weighted by Gasteiger charge is -2.09. The van der Waals surface area contributed by atoms with Crippen LogP contribution in [0.1, 0.15) is 24.0 Å². The smallest absolute Gasteiger partial charge is 0.165 e. The summed E-state index contributed by atoms with van der Waals surface area (Å²) in [7, 11) is 0. The van der Waals surface area contributed by atoms with Gasteiger partial charge in [0, 0.05) is 18.2 Å². The summed E-state index contributed by atoms with van der Waals surface area (Å²) >= 11 is 6.29. The Morgan fingerprint density at radius 1 is 1.30 bits per heavy atom. The minimum Gasteiger partial charge on any atom is -0.279 e. The molecule has 0 aliphatic heterocycles. The number of hydrogen-bond donors (Lipinski definition) is 0. The van der Waals surface area contributed by atoms with Gasteiger partial charge in [0.05, 0.1) is 10.7 Å². The van der Waals surface area contributed by atoms with Gasteiger partial charge in [-0.2, -0.15) is 0 Å². The van der Waals surface area contributed by atoms with E-state index >= 15 is 0 Å². The van der Waals surface area contributed by atoms with Crippen molar-refractivity contribution in [2.24, 2.45) is 0 Å². The number of rotatable bonds is 2. The van der Waals surface area contributed by atoms with Gasteiger partial charge >= 0.3 is 0 Å². The largest absolute Gasteiger partial charge is 0.279 e. The first-order valence-corrected chi connectivity index (χ1v) is 7.01. The zero-order valence-corrected chi connectivity index (χ0v) is 12.5. The molecule has 0 aliphatic rings. The van der Waals surface area contributed by atoms with Gasteiger partial charge < -0.3 is 0 Å². The average molecular weight is 285 g/mol. The fraction of sp³-hybridized carbons (Fsp3) is 0.250. The number of pyridine rings is 1. The highest BCUT2D eigenvalue weighted by Gasteiger charge is 2.16. The van der Waals surface area contributed by atoms with E-state index in [2.05, 4.69) is 31.0 Å². The Morgan fingerprint density at radius 3 is 2.80 bits per heavy atom. The minimum absolute atomic E-state index is 0.586. The van der Waals surface area contributed by atoms with E-state index in [9.17, 15) is 0 Å². The molecule has 0 saturated heterocycles. The second kappa shape index (κ2) is 4.91. The molecule has 0 unspecified atom stereocenters. The zero-order chi connectivity index (χ0) is 14.3. The van der Waals surface area contributed by atoms with Crippen molar-refractivity contribution in [2.45, 2.75) is 27.2 Å². The van der Waals surface area contributed by atoms with Crippen LogP contribution in [0.2, 0.25) is 5.02 Å². The second-order valence-corrected chi connectivity index (χ2v) is 5.22. The van der Waals surface area contributed by atoms with Crippen molar-refractivity contribution in [3.05, 3.63) is 52.4 Å². The number of aromatic nitrogens is 3. The van der Waals surface area contributed by atoms with E-state index in [0.29, 0.717) is 5.02 Å². The summed E-state index contributed by atoms with van der Waals surface area (Å²) in [6.45, 7) is 6.14. The number of fused-ring (bicyclic) bond motifs is 1. The molecular weight excluding hydrogens is 270 g/mol. The molecule has 3 nitrogen and oxygen atoms in total. The molecule has 1 radical (unpaired) electrons. The molecule has 101 valence electrons. The first-order valence-electron chi connectivity index (χ1n) is 6.64. The van der Waals surface area contributed by atoms with Crippen LogP contribution in [0.15, 0.2) is 24.3 Å². The zero-order valence-electron chi connectivity index (χ0n) is 11.7. The number of hydrogen-bond acceptors (Lipinski definition) is 2. The van der Waals surface area contributed by atoms with Crippen molar-refractivity contribution in [3.8, 4) is 5.69 Å². The van der Waals surface area contributed by atoms with Crippen molar-refractivity contribution in [1.82, 2.24) is 14.5 Å². The van der Waals surface area contributed by atoms with Gasteiger partial charge in [-0.3, -0.25) is 4.57 Å². The van der Waals surface area contributed by atoms with Crippen LogP contribution in [0, 0.1) is 19.9 Å². The molecule has 4 heteroatoms. The summed E-state index contributed by atoms with van der Waals surface area (Å²) in [5.41, 5.74) is 4.80. The van der Waals surface area contributed by atoms with E-state index in [-0.39, 0.29) is 0 Å². The van der Waals surface area contributed by atoms with E-state index in [1.807, 2.05) is 23.6 Å². The summed E-state index contributed by atoms with van der Waals surface area (Å²) < 4.78 is 2.04. The standard InChI is InChI=1S/C16H15ClN3/c1-4-14-19-15-10(2)9-11(3)18-16(15)20(14)13-8-6-5-7-12(13)17/h5-6,8-9H,4H2,1-3H3. The van der Waals surface area contributed by atoms with E-state index in [0.717, 1.165) is 40.4 Å². The van der Waals surface area contributed by atoms with Crippen LogP contribution >= 0.6 is 11.6 Å². The summed E-state index contributed by atoms with van der Waals surface area (Å²) in [5, 5.41) is 0.586. The van der Waals surface area contributed by atoms with Crippen LogP contribution in [-0.4, -0.2) is 14.5 Å². The Kier molecular flexibility index (Phi) is 3.22. The Morgan fingerprint density at radius 2 is 2.10 bits per heavy atom. The van der Waals surface area contributed by atoms with E-state index in [4.69, 9.17) is 16.6 Å². The quantitative estimate of drug-likeness (QED) is 0.711. The molecule has 0 fully saturated rings. The Hall–Kier alpha value is -1.87. The van der Waals surface area contributed by atoms with Gasteiger partial charge in [-0.1, -0.05) is 30.7 Å². The highest BCUT2D eigenvalue weighted by Crippen LogP contribution is 2.27. The summed E-state index contributed by atoms with van der Waals surface area (Å²) in [6, 6.07) is 10.8. The normalized spacial score (nSPS) is 11.2. The third-order valence-corrected chi connectivity index (χ3v) is 3.65. The number of halogens is 1. The summed E-state index contributed by atoms with van der Waals surface area (Å²) in [4.78, 5) is 9.37. The molecule has 2 heterocycles. The first kappa shape index (κ1) is 13.1. The lowest BCUT2D eigenvalue weighted by atomic mass is 10.2. The first-order chi connectivity index (χ1) is 9.61. The van der Waals surface area contributed by atoms with E-state index < -0.39 is 0 Å². The van der Waals surface area contributed by atoms with Crippen LogP contribution in [0.3, 0.4) is 0 Å². The Bertz CT molecular complexity index is 790. The molecule has 0 N–H and O–H groups in total. The van der Waals surface area contributed by atoms with Crippen molar-refractivity contribution in [2.75, 3.05) is 0 Å². The van der Waals surface area contributed by atoms with Crippen molar-refractivity contribution < 1.29 is 0 Å². The maximum atomic E-state index is 6.29. The molecule has 0 aliphatic carbocycles. The molecule has 3 aromatic rings. The van der Waals surface area contributed by atoms with Crippen LogP contribution in [0.5, 0.6) is 0 Å². The SMILES string of the molecule is CCc1nc2c(C)cc(C)nc2n1-c1ccc[c]c1Cl. The average Bonchev–Trinajstić information content (AvgIpc) is 2.78. The third-order valence-electron chi connectivity index (χ3n) is 3.35. The Balaban J connectivity index is 2.42. The van der Waals surface area contributed by atoms with Gasteiger partial charge in [-0.25, -0.2) is 9.97 Å². The molecule has 0 amide bonds. The molecule has 3 rings (SSSR count). The maximum absolute atomic E-state index is 6.29. The third kappa shape index (κ3) is 1.98. The lowest BCUT2D eigenvalue weighted by Crippen LogP contribution is -2.02. The van der Waals surface area contributed by atoms with E-state index in [1.165, 1.54) is 0 Å². The van der Waals surface area contributed by atoms with Gasteiger partial charge in [0.15, 0.2) is 5.65 Å². The topological polar surface area (TPSA) is 30.7 Å². The van der Waals surface area contributed by atoms with Crippen LogP contribution < -0.4 is 0 Å². The number of imidazole rings is 1. The molecule has 2 aromatic heterocycles. The van der Waals surface area contributed by atoms with Gasteiger partial charge in [0.25, 0.3) is 0 Å². The Labute approximate surface area is 123 Å². The highest BCUT2D eigenvalue weighted by molar-refractivity contribution is 6.32. The van der Waals surface area contributed by atoms with Crippen LogP contribution in [0.4, 0.5) is 0 Å². The van der Waals surface area contributed by atoms with Crippen molar-refractivity contribution in [3.63, 3.8) is 0 Å². The predicted molar refractivity (Wildman–Crippen MR) is 81.6 cm³/mol. The highest BCUT2D eigenvalue weighted by atomic mass is 35.5. The van der Waals surface area contributed by atoms with Gasteiger partial charge in [0.2, 0.25) is 0 Å². The molecule has 0 saturated carbocycles. The summed E-state index contributed by atoms with van der Waals surface area (Å²) in [5.74, 6) is 0.961. The molecule has 20 heavy (non-hydrogen) atoms. The molecule has 1 aromatic carbocycles. The van der Waals surface area contributed by atoms with Crippen molar-refractivity contribution >= 4 is 22.8 Å². The predicted octanol–water partition coefficient (Wildman–Crippen LogP) is 4.05. The minimum atomic E-state index is 0.586. The molecule has 0 bridgehead atoms. The maximum Gasteiger partial charge on any atom is 0.165 e. The number of nitrogens with zero attached hydrogens (tertiary/aromatic N) is 3. The lowest BCUT2D eigenvalue weighted by molar-refractivity contribution is 0.900. The molecular formula is C16H15ClN3. The van der Waals surface area contributed by atoms with Gasteiger partial charge in [-0.05, 0) is 31.5 Å². The monoisotopic (exact) mass is 284 g/mol. The molecule has 0 atom stereocenters. The second-order valence-electron chi connectivity index (χ2n) is 4.84. The molecule has 0 spiro atoms. The fourth-order valence-electron chi connectivity index (χ4n) is 2.48. The van der Waals surface area contributed by atoms with Gasteiger partial charge in [-0.15, -0.1) is 0 Å². The van der Waals surface area contributed by atoms with E-state index in [1.54, 1.807) is 6.07 Å². The summed E-state index contributed by atoms with van der Waals surface area (Å²) in [6.07, 6.45) is 0.820.